The van der Waals surface area contributed by atoms with Gasteiger partial charge in [0.2, 0.25) is 15.9 Å². The summed E-state index contributed by atoms with van der Waals surface area (Å²) in [6, 6.07) is 14.2. The van der Waals surface area contributed by atoms with Gasteiger partial charge in [-0.25, -0.2) is 17.2 Å². The van der Waals surface area contributed by atoms with Crippen LogP contribution in [0.1, 0.15) is 5.56 Å². The summed E-state index contributed by atoms with van der Waals surface area (Å²) < 4.78 is 60.0. The number of halogens is 3. The fourth-order valence-corrected chi connectivity index (χ4v) is 4.45. The van der Waals surface area contributed by atoms with Crippen LogP contribution in [0.4, 0.5) is 14.5 Å². The van der Waals surface area contributed by atoms with Gasteiger partial charge in [0.15, 0.2) is 11.6 Å². The zero-order valence-electron chi connectivity index (χ0n) is 16.8. The van der Waals surface area contributed by atoms with E-state index in [0.29, 0.717) is 11.3 Å². The van der Waals surface area contributed by atoms with Gasteiger partial charge >= 0.3 is 0 Å². The van der Waals surface area contributed by atoms with E-state index in [1.165, 1.54) is 31.4 Å². The SMILES string of the molecule is COc1ccc(S(=O)(=O)N[C@H](Cc2ccccc2)C(=O)Nc2ccc(F)c(F)c2)cc1Cl. The van der Waals surface area contributed by atoms with Crippen LogP contribution in [-0.4, -0.2) is 27.5 Å². The van der Waals surface area contributed by atoms with Crippen molar-refractivity contribution in [3.8, 4) is 5.75 Å². The molecule has 0 saturated carbocycles. The summed E-state index contributed by atoms with van der Waals surface area (Å²) in [7, 11) is -2.77. The minimum absolute atomic E-state index is 0.0134. The van der Waals surface area contributed by atoms with Gasteiger partial charge in [0.1, 0.15) is 11.8 Å². The maximum absolute atomic E-state index is 13.5. The number of sulfonamides is 1. The summed E-state index contributed by atoms with van der Waals surface area (Å²) in [6.07, 6.45) is 0.0134. The number of rotatable bonds is 8. The molecule has 0 radical (unpaired) electrons. The van der Waals surface area contributed by atoms with Crippen molar-refractivity contribution in [2.75, 3.05) is 12.4 Å². The fourth-order valence-electron chi connectivity index (χ4n) is 2.91. The number of anilines is 1. The van der Waals surface area contributed by atoms with Crippen molar-refractivity contribution in [2.45, 2.75) is 17.4 Å². The number of ether oxygens (including phenoxy) is 1. The Kier molecular flexibility index (Phi) is 7.44. The van der Waals surface area contributed by atoms with Crippen molar-refractivity contribution < 1.29 is 26.7 Å². The smallest absolute Gasteiger partial charge is 0.242 e. The highest BCUT2D eigenvalue weighted by Gasteiger charge is 2.27. The Balaban J connectivity index is 1.88. The van der Waals surface area contributed by atoms with Crippen molar-refractivity contribution in [2.24, 2.45) is 0 Å². The van der Waals surface area contributed by atoms with Crippen LogP contribution in [0, 0.1) is 11.6 Å². The molecule has 1 atom stereocenters. The zero-order valence-corrected chi connectivity index (χ0v) is 18.4. The molecule has 168 valence electrons. The summed E-state index contributed by atoms with van der Waals surface area (Å²) in [5.41, 5.74) is 0.673. The number of methoxy groups -OCH3 is 1. The monoisotopic (exact) mass is 480 g/mol. The first kappa shape index (κ1) is 23.6. The predicted molar refractivity (Wildman–Crippen MR) is 117 cm³/mol. The summed E-state index contributed by atoms with van der Waals surface area (Å²) in [5, 5.41) is 2.50. The molecule has 0 aliphatic rings. The molecule has 3 rings (SSSR count). The van der Waals surface area contributed by atoms with Gasteiger partial charge in [-0.1, -0.05) is 41.9 Å². The van der Waals surface area contributed by atoms with E-state index < -0.39 is 33.6 Å². The molecule has 0 saturated heterocycles. The van der Waals surface area contributed by atoms with Gasteiger partial charge in [0.25, 0.3) is 0 Å². The maximum atomic E-state index is 13.5. The molecule has 0 aromatic heterocycles. The lowest BCUT2D eigenvalue weighted by Gasteiger charge is -2.19. The third-order valence-electron chi connectivity index (χ3n) is 4.52. The van der Waals surface area contributed by atoms with Crippen LogP contribution in [0.2, 0.25) is 5.02 Å². The molecule has 0 aliphatic carbocycles. The Bertz CT molecular complexity index is 1220. The third kappa shape index (κ3) is 5.82. The molecule has 0 bridgehead atoms. The molecule has 2 N–H and O–H groups in total. The van der Waals surface area contributed by atoms with Crippen LogP contribution in [-0.2, 0) is 21.2 Å². The number of nitrogens with one attached hydrogen (secondary N) is 2. The van der Waals surface area contributed by atoms with Gasteiger partial charge in [0.05, 0.1) is 17.0 Å². The molecule has 0 spiro atoms. The van der Waals surface area contributed by atoms with Crippen LogP contribution in [0.5, 0.6) is 5.75 Å². The van der Waals surface area contributed by atoms with Gasteiger partial charge < -0.3 is 10.1 Å². The molecule has 1 amide bonds. The lowest BCUT2D eigenvalue weighted by Crippen LogP contribution is -2.45. The molecule has 0 fully saturated rings. The Morgan fingerprint density at radius 3 is 2.38 bits per heavy atom. The number of hydrogen-bond donors (Lipinski definition) is 2. The second-order valence-electron chi connectivity index (χ2n) is 6.78. The Labute approximate surface area is 189 Å². The van der Waals surface area contributed by atoms with E-state index in [9.17, 15) is 22.0 Å². The van der Waals surface area contributed by atoms with E-state index in [4.69, 9.17) is 16.3 Å². The fraction of sp³-hybridized carbons (Fsp3) is 0.136. The Hall–Kier alpha value is -3.01. The van der Waals surface area contributed by atoms with E-state index >= 15 is 0 Å². The molecular weight excluding hydrogens is 462 g/mol. The van der Waals surface area contributed by atoms with Crippen molar-refractivity contribution >= 4 is 33.2 Å². The highest BCUT2D eigenvalue weighted by atomic mass is 35.5. The zero-order chi connectivity index (χ0) is 23.3. The van der Waals surface area contributed by atoms with Crippen molar-refractivity contribution in [1.29, 1.82) is 0 Å². The number of carbonyl (C=O) groups is 1. The molecule has 0 unspecified atom stereocenters. The number of amides is 1. The first-order chi connectivity index (χ1) is 15.2. The van der Waals surface area contributed by atoms with Gasteiger partial charge in [0, 0.05) is 11.8 Å². The topological polar surface area (TPSA) is 84.5 Å². The summed E-state index contributed by atoms with van der Waals surface area (Å²) in [4.78, 5) is 12.7. The lowest BCUT2D eigenvalue weighted by atomic mass is 10.1. The summed E-state index contributed by atoms with van der Waals surface area (Å²) in [5.74, 6) is -2.66. The molecule has 0 aliphatic heterocycles. The second-order valence-corrected chi connectivity index (χ2v) is 8.90. The van der Waals surface area contributed by atoms with E-state index in [1.54, 1.807) is 30.3 Å². The highest BCUT2D eigenvalue weighted by molar-refractivity contribution is 7.89. The van der Waals surface area contributed by atoms with E-state index in [0.717, 1.165) is 12.1 Å². The molecule has 3 aromatic rings. The summed E-state index contributed by atoms with van der Waals surface area (Å²) >= 11 is 6.04. The van der Waals surface area contributed by atoms with E-state index in [-0.39, 0.29) is 22.0 Å². The first-order valence-electron chi connectivity index (χ1n) is 9.35. The number of benzene rings is 3. The van der Waals surface area contributed by atoms with Crippen LogP contribution in [0.3, 0.4) is 0 Å². The highest BCUT2D eigenvalue weighted by Crippen LogP contribution is 2.27. The van der Waals surface area contributed by atoms with Gasteiger partial charge in [-0.3, -0.25) is 4.79 Å². The molecule has 3 aromatic carbocycles. The molecule has 0 heterocycles. The van der Waals surface area contributed by atoms with E-state index in [1.807, 2.05) is 0 Å². The predicted octanol–water partition coefficient (Wildman–Crippen LogP) is 4.16. The van der Waals surface area contributed by atoms with Gasteiger partial charge in [-0.15, -0.1) is 0 Å². The summed E-state index contributed by atoms with van der Waals surface area (Å²) in [6.45, 7) is 0. The maximum Gasteiger partial charge on any atom is 0.242 e. The van der Waals surface area contributed by atoms with Crippen molar-refractivity contribution in [1.82, 2.24) is 4.72 Å². The Morgan fingerprint density at radius 2 is 1.75 bits per heavy atom. The molecule has 6 nitrogen and oxygen atoms in total. The van der Waals surface area contributed by atoms with E-state index in [2.05, 4.69) is 10.0 Å². The van der Waals surface area contributed by atoms with Crippen LogP contribution >= 0.6 is 11.6 Å². The molecule has 10 heteroatoms. The standard InChI is InChI=1S/C22H19ClF2N2O4S/c1-31-21-10-8-16(13-17(21)23)32(29,30)27-20(11-14-5-3-2-4-6-14)22(28)26-15-7-9-18(24)19(25)12-15/h2-10,12-13,20,27H,11H2,1H3,(H,26,28)/t20-/m1/s1. The van der Waals surface area contributed by atoms with Crippen LogP contribution < -0.4 is 14.8 Å². The average Bonchev–Trinajstić information content (AvgIpc) is 2.76. The quantitative estimate of drug-likeness (QED) is 0.507. The molecular formula is C22H19ClF2N2O4S. The lowest BCUT2D eigenvalue weighted by molar-refractivity contribution is -0.117. The molecule has 32 heavy (non-hydrogen) atoms. The van der Waals surface area contributed by atoms with Gasteiger partial charge in [-0.05, 0) is 42.3 Å². The van der Waals surface area contributed by atoms with Crippen LogP contribution in [0.15, 0.2) is 71.6 Å². The minimum Gasteiger partial charge on any atom is -0.495 e. The first-order valence-corrected chi connectivity index (χ1v) is 11.2. The average molecular weight is 481 g/mol. The number of hydrogen-bond acceptors (Lipinski definition) is 4. The Morgan fingerprint density at radius 1 is 1.03 bits per heavy atom. The van der Waals surface area contributed by atoms with Crippen LogP contribution in [0.25, 0.3) is 0 Å². The van der Waals surface area contributed by atoms with Gasteiger partial charge in [-0.2, -0.15) is 4.72 Å². The van der Waals surface area contributed by atoms with Crippen molar-refractivity contribution in [3.63, 3.8) is 0 Å². The third-order valence-corrected chi connectivity index (χ3v) is 6.28. The number of carbonyl (C=O) groups excluding carboxylic acids is 1. The largest absolute Gasteiger partial charge is 0.495 e. The normalized spacial score (nSPS) is 12.2. The minimum atomic E-state index is -4.16. The van der Waals surface area contributed by atoms with Crippen molar-refractivity contribution in [3.05, 3.63) is 89.0 Å². The second kappa shape index (κ2) is 10.1.